The number of carboxylic acid groups (broad SMARTS) is 1. The van der Waals surface area contributed by atoms with Crippen LogP contribution in [0.5, 0.6) is 0 Å². The van der Waals surface area contributed by atoms with Gasteiger partial charge >= 0.3 is 5.97 Å². The Morgan fingerprint density at radius 2 is 1.57 bits per heavy atom. The van der Waals surface area contributed by atoms with Crippen molar-refractivity contribution in [3.8, 4) is 0 Å². The number of carboxylic acids is 1. The molecule has 3 rings (SSSR count). The van der Waals surface area contributed by atoms with Gasteiger partial charge < -0.3 is 10.4 Å². The van der Waals surface area contributed by atoms with Crippen LogP contribution in [0.2, 0.25) is 0 Å². The van der Waals surface area contributed by atoms with Gasteiger partial charge in [0.15, 0.2) is 0 Å². The van der Waals surface area contributed by atoms with Crippen LogP contribution in [-0.4, -0.2) is 17.0 Å². The maximum Gasteiger partial charge on any atom is 0.337 e. The molecule has 0 heterocycles. The monoisotopic (exact) mass is 305 g/mol. The number of carbonyl (C=O) groups excluding carboxylic acids is 1. The minimum Gasteiger partial charge on any atom is -0.478 e. The zero-order valence-corrected chi connectivity index (χ0v) is 12.3. The molecule has 0 spiro atoms. The fraction of sp³-hybridized carbons (Fsp3) is 0.0526. The molecule has 3 aromatic carbocycles. The minimum atomic E-state index is -1.06. The van der Waals surface area contributed by atoms with E-state index in [0.29, 0.717) is 5.69 Å². The van der Waals surface area contributed by atoms with Gasteiger partial charge in [0.1, 0.15) is 0 Å². The summed E-state index contributed by atoms with van der Waals surface area (Å²) in [7, 11) is 0. The van der Waals surface area contributed by atoms with Crippen LogP contribution in [0.15, 0.2) is 66.7 Å². The summed E-state index contributed by atoms with van der Waals surface area (Å²) in [5.74, 6) is -1.31. The molecule has 0 aliphatic rings. The van der Waals surface area contributed by atoms with Crippen LogP contribution in [0, 0.1) is 0 Å². The largest absolute Gasteiger partial charge is 0.478 e. The number of hydrogen-bond donors (Lipinski definition) is 2. The molecule has 1 amide bonds. The first kappa shape index (κ1) is 14.8. The summed E-state index contributed by atoms with van der Waals surface area (Å²) >= 11 is 0. The van der Waals surface area contributed by atoms with E-state index in [1.54, 1.807) is 18.2 Å². The van der Waals surface area contributed by atoms with Crippen molar-refractivity contribution in [2.45, 2.75) is 6.42 Å². The Labute approximate surface area is 133 Å². The summed E-state index contributed by atoms with van der Waals surface area (Å²) in [6.45, 7) is 0. The van der Waals surface area contributed by atoms with Crippen molar-refractivity contribution < 1.29 is 14.7 Å². The van der Waals surface area contributed by atoms with Gasteiger partial charge in [-0.2, -0.15) is 0 Å². The zero-order chi connectivity index (χ0) is 16.2. The van der Waals surface area contributed by atoms with Crippen molar-refractivity contribution in [1.82, 2.24) is 0 Å². The summed E-state index contributed by atoms with van der Waals surface area (Å²) in [5, 5.41) is 14.0. The molecular formula is C19H15NO3. The Balaban J connectivity index is 1.77. The lowest BCUT2D eigenvalue weighted by atomic mass is 10.0. The van der Waals surface area contributed by atoms with Gasteiger partial charge in [-0.05, 0) is 28.5 Å². The molecule has 3 aromatic rings. The third-order valence-corrected chi connectivity index (χ3v) is 3.61. The SMILES string of the molecule is O=C(Cc1ccc2ccccc2c1)Nc1ccccc1C(=O)O. The van der Waals surface area contributed by atoms with Crippen LogP contribution in [0.25, 0.3) is 10.8 Å². The lowest BCUT2D eigenvalue weighted by Crippen LogP contribution is -2.16. The molecule has 0 bridgehead atoms. The fourth-order valence-corrected chi connectivity index (χ4v) is 2.51. The second-order valence-corrected chi connectivity index (χ2v) is 5.26. The molecule has 0 unspecified atom stereocenters. The van der Waals surface area contributed by atoms with Gasteiger partial charge in [-0.1, -0.05) is 54.6 Å². The number of anilines is 1. The Bertz CT molecular complexity index is 886. The molecule has 0 radical (unpaired) electrons. The van der Waals surface area contributed by atoms with Gasteiger partial charge in [0.2, 0.25) is 5.91 Å². The highest BCUT2D eigenvalue weighted by Crippen LogP contribution is 2.18. The average molecular weight is 305 g/mol. The molecule has 0 aliphatic carbocycles. The third-order valence-electron chi connectivity index (χ3n) is 3.61. The van der Waals surface area contributed by atoms with E-state index in [2.05, 4.69) is 5.32 Å². The highest BCUT2D eigenvalue weighted by Gasteiger charge is 2.12. The van der Waals surface area contributed by atoms with E-state index in [4.69, 9.17) is 5.11 Å². The summed E-state index contributed by atoms with van der Waals surface area (Å²) in [6, 6.07) is 20.2. The highest BCUT2D eigenvalue weighted by molar-refractivity contribution is 6.01. The normalized spacial score (nSPS) is 10.4. The molecule has 2 N–H and O–H groups in total. The topological polar surface area (TPSA) is 66.4 Å². The second-order valence-electron chi connectivity index (χ2n) is 5.26. The van der Waals surface area contributed by atoms with E-state index in [0.717, 1.165) is 16.3 Å². The van der Waals surface area contributed by atoms with Crippen molar-refractivity contribution in [2.24, 2.45) is 0 Å². The Kier molecular flexibility index (Phi) is 4.06. The van der Waals surface area contributed by atoms with E-state index in [1.165, 1.54) is 6.07 Å². The summed E-state index contributed by atoms with van der Waals surface area (Å²) < 4.78 is 0. The van der Waals surface area contributed by atoms with Gasteiger partial charge in [-0.15, -0.1) is 0 Å². The van der Waals surface area contributed by atoms with Crippen LogP contribution < -0.4 is 5.32 Å². The maximum atomic E-state index is 12.2. The van der Waals surface area contributed by atoms with Crippen LogP contribution in [0.3, 0.4) is 0 Å². The number of hydrogen-bond acceptors (Lipinski definition) is 2. The molecule has 0 aromatic heterocycles. The number of benzene rings is 3. The van der Waals surface area contributed by atoms with Crippen LogP contribution in [-0.2, 0) is 11.2 Å². The number of para-hydroxylation sites is 1. The summed E-state index contributed by atoms with van der Waals surface area (Å²) in [5.41, 5.74) is 1.28. The first-order valence-electron chi connectivity index (χ1n) is 7.23. The molecule has 114 valence electrons. The lowest BCUT2D eigenvalue weighted by Gasteiger charge is -2.09. The molecule has 0 saturated carbocycles. The van der Waals surface area contributed by atoms with Gasteiger partial charge in [-0.3, -0.25) is 4.79 Å². The Hall–Kier alpha value is -3.14. The van der Waals surface area contributed by atoms with Crippen molar-refractivity contribution in [1.29, 1.82) is 0 Å². The number of rotatable bonds is 4. The maximum absolute atomic E-state index is 12.2. The van der Waals surface area contributed by atoms with Crippen LogP contribution >= 0.6 is 0 Å². The molecule has 0 fully saturated rings. The molecule has 4 heteroatoms. The van der Waals surface area contributed by atoms with E-state index >= 15 is 0 Å². The zero-order valence-electron chi connectivity index (χ0n) is 12.3. The molecule has 4 nitrogen and oxygen atoms in total. The van der Waals surface area contributed by atoms with Crippen molar-refractivity contribution >= 4 is 28.3 Å². The number of fused-ring (bicyclic) bond motifs is 1. The third kappa shape index (κ3) is 3.37. The molecule has 0 aliphatic heterocycles. The highest BCUT2D eigenvalue weighted by atomic mass is 16.4. The number of amides is 1. The standard InChI is InChI=1S/C19H15NO3/c21-18(20-17-8-4-3-7-16(17)19(22)23)12-13-9-10-14-5-1-2-6-15(14)11-13/h1-11H,12H2,(H,20,21)(H,22,23). The van der Waals surface area contributed by atoms with Gasteiger partial charge in [0.25, 0.3) is 0 Å². The number of aromatic carboxylic acids is 1. The van der Waals surface area contributed by atoms with Crippen LogP contribution in [0.1, 0.15) is 15.9 Å². The molecular weight excluding hydrogens is 290 g/mol. The summed E-state index contributed by atoms with van der Waals surface area (Å²) in [4.78, 5) is 23.3. The predicted octanol–water partition coefficient (Wildman–Crippen LogP) is 3.72. The first-order chi connectivity index (χ1) is 11.1. The van der Waals surface area contributed by atoms with Gasteiger partial charge in [0, 0.05) is 0 Å². The molecule has 0 atom stereocenters. The minimum absolute atomic E-state index is 0.0827. The second kappa shape index (κ2) is 6.32. The van der Waals surface area contributed by atoms with Gasteiger partial charge in [-0.25, -0.2) is 4.79 Å². The number of nitrogens with one attached hydrogen (secondary N) is 1. The Morgan fingerprint density at radius 1 is 0.870 bits per heavy atom. The van der Waals surface area contributed by atoms with E-state index in [1.807, 2.05) is 42.5 Å². The van der Waals surface area contributed by atoms with E-state index in [9.17, 15) is 9.59 Å². The van der Waals surface area contributed by atoms with Crippen LogP contribution in [0.4, 0.5) is 5.69 Å². The molecule has 0 saturated heterocycles. The Morgan fingerprint density at radius 3 is 2.35 bits per heavy atom. The van der Waals surface area contributed by atoms with E-state index < -0.39 is 5.97 Å². The quantitative estimate of drug-likeness (QED) is 0.772. The van der Waals surface area contributed by atoms with Crippen molar-refractivity contribution in [3.05, 3.63) is 77.9 Å². The fourth-order valence-electron chi connectivity index (χ4n) is 2.51. The first-order valence-corrected chi connectivity index (χ1v) is 7.23. The van der Waals surface area contributed by atoms with Gasteiger partial charge in [0.05, 0.1) is 17.7 Å². The van der Waals surface area contributed by atoms with Crippen molar-refractivity contribution in [3.63, 3.8) is 0 Å². The predicted molar refractivity (Wildman–Crippen MR) is 89.7 cm³/mol. The number of carbonyl (C=O) groups is 2. The van der Waals surface area contributed by atoms with Crippen molar-refractivity contribution in [2.75, 3.05) is 5.32 Å². The average Bonchev–Trinajstić information content (AvgIpc) is 2.55. The lowest BCUT2D eigenvalue weighted by molar-refractivity contribution is -0.115. The molecule has 23 heavy (non-hydrogen) atoms. The summed E-state index contributed by atoms with van der Waals surface area (Å²) in [6.07, 6.45) is 0.193. The van der Waals surface area contributed by atoms with E-state index in [-0.39, 0.29) is 17.9 Å². The smallest absolute Gasteiger partial charge is 0.337 e.